The zero-order chi connectivity index (χ0) is 11.1. The predicted octanol–water partition coefficient (Wildman–Crippen LogP) is 0.391. The average molecular weight is 207 g/mol. The van der Waals surface area contributed by atoms with Gasteiger partial charge in [-0.15, -0.1) is 0 Å². The second-order valence-corrected chi connectivity index (χ2v) is 2.59. The highest BCUT2D eigenvalue weighted by Gasteiger charge is 1.99. The van der Waals surface area contributed by atoms with Gasteiger partial charge < -0.3 is 16.0 Å². The third kappa shape index (κ3) is 3.11. The third-order valence-electron chi connectivity index (χ3n) is 1.61. The van der Waals surface area contributed by atoms with Gasteiger partial charge in [-0.2, -0.15) is 0 Å². The number of amides is 3. The first kappa shape index (κ1) is 10.7. The molecule has 0 unspecified atom stereocenters. The van der Waals surface area contributed by atoms with Crippen LogP contribution in [0.4, 0.5) is 17.1 Å². The Morgan fingerprint density at radius 2 is 0.933 bits per heavy atom. The van der Waals surface area contributed by atoms with Gasteiger partial charge in [0.1, 0.15) is 0 Å². The maximum Gasteiger partial charge on any atom is 0.211 e. The summed E-state index contributed by atoms with van der Waals surface area (Å²) < 4.78 is 0. The highest BCUT2D eigenvalue weighted by atomic mass is 16.1. The number of nitrogens with one attached hydrogen (secondary N) is 3. The van der Waals surface area contributed by atoms with Crippen LogP contribution in [0.1, 0.15) is 0 Å². The molecule has 6 heteroatoms. The van der Waals surface area contributed by atoms with Crippen molar-refractivity contribution in [3.63, 3.8) is 0 Å². The summed E-state index contributed by atoms with van der Waals surface area (Å²) in [5, 5.41) is 7.24. The van der Waals surface area contributed by atoms with Gasteiger partial charge in [-0.1, -0.05) is 0 Å². The van der Waals surface area contributed by atoms with Crippen LogP contribution in [0.15, 0.2) is 18.2 Å². The fraction of sp³-hybridized carbons (Fsp3) is 0. The summed E-state index contributed by atoms with van der Waals surface area (Å²) in [5.74, 6) is 0. The van der Waals surface area contributed by atoms with Gasteiger partial charge in [-0.25, -0.2) is 0 Å². The summed E-state index contributed by atoms with van der Waals surface area (Å²) in [6.07, 6.45) is 1.51. The third-order valence-corrected chi connectivity index (χ3v) is 1.61. The average Bonchev–Trinajstić information content (AvgIpc) is 2.19. The first-order valence-electron chi connectivity index (χ1n) is 4.06. The Balaban J connectivity index is 3.00. The Kier molecular flexibility index (Phi) is 3.84. The van der Waals surface area contributed by atoms with E-state index in [1.807, 2.05) is 0 Å². The molecule has 0 saturated heterocycles. The molecule has 0 aliphatic heterocycles. The van der Waals surface area contributed by atoms with Crippen LogP contribution < -0.4 is 16.0 Å². The van der Waals surface area contributed by atoms with Crippen molar-refractivity contribution in [3.8, 4) is 0 Å². The van der Waals surface area contributed by atoms with Gasteiger partial charge >= 0.3 is 0 Å². The summed E-state index contributed by atoms with van der Waals surface area (Å²) in [6.45, 7) is 0. The van der Waals surface area contributed by atoms with Gasteiger partial charge in [0.05, 0.1) is 0 Å². The maximum absolute atomic E-state index is 10.2. The van der Waals surface area contributed by atoms with Gasteiger partial charge in [0, 0.05) is 17.1 Å². The molecule has 0 bridgehead atoms. The molecule has 1 rings (SSSR count). The standard InChI is InChI=1S/C9H9N3O3/c13-4-10-7-1-8(11-5-14)3-9(2-7)12-6-15/h1-6H,(H,10,13)(H,11,14)(H,12,15). The summed E-state index contributed by atoms with van der Waals surface area (Å²) in [4.78, 5) is 30.7. The smallest absolute Gasteiger partial charge is 0.211 e. The van der Waals surface area contributed by atoms with Crippen molar-refractivity contribution in [2.24, 2.45) is 0 Å². The number of anilines is 3. The minimum Gasteiger partial charge on any atom is -0.329 e. The second-order valence-electron chi connectivity index (χ2n) is 2.59. The minimum atomic E-state index is 0.473. The molecule has 0 heterocycles. The molecule has 1 aromatic rings. The van der Waals surface area contributed by atoms with Gasteiger partial charge in [-0.05, 0) is 18.2 Å². The normalized spacial score (nSPS) is 8.80. The Hall–Kier alpha value is -2.37. The zero-order valence-corrected chi connectivity index (χ0v) is 7.69. The fourth-order valence-corrected chi connectivity index (χ4v) is 1.08. The summed E-state index contributed by atoms with van der Waals surface area (Å²) in [6, 6.07) is 4.66. The van der Waals surface area contributed by atoms with Crippen molar-refractivity contribution in [3.05, 3.63) is 18.2 Å². The number of rotatable bonds is 6. The van der Waals surface area contributed by atoms with Crippen LogP contribution >= 0.6 is 0 Å². The van der Waals surface area contributed by atoms with E-state index in [1.54, 1.807) is 18.2 Å². The molecule has 6 nitrogen and oxygen atoms in total. The van der Waals surface area contributed by atoms with E-state index < -0.39 is 0 Å². The van der Waals surface area contributed by atoms with Crippen molar-refractivity contribution in [2.45, 2.75) is 0 Å². The molecule has 0 saturated carbocycles. The fourth-order valence-electron chi connectivity index (χ4n) is 1.08. The Morgan fingerprint density at radius 1 is 0.667 bits per heavy atom. The van der Waals surface area contributed by atoms with Crippen LogP contribution in [-0.4, -0.2) is 19.2 Å². The van der Waals surface area contributed by atoms with E-state index in [2.05, 4.69) is 16.0 Å². The molecule has 0 radical (unpaired) electrons. The lowest BCUT2D eigenvalue weighted by Gasteiger charge is -2.06. The lowest BCUT2D eigenvalue weighted by atomic mass is 10.2. The number of hydrogen-bond donors (Lipinski definition) is 3. The molecule has 1 aromatic carbocycles. The first-order valence-corrected chi connectivity index (χ1v) is 4.06. The molecule has 0 aliphatic carbocycles. The number of hydrogen-bond acceptors (Lipinski definition) is 3. The van der Waals surface area contributed by atoms with Crippen molar-refractivity contribution in [1.29, 1.82) is 0 Å². The van der Waals surface area contributed by atoms with E-state index >= 15 is 0 Å². The van der Waals surface area contributed by atoms with Crippen LogP contribution in [0.3, 0.4) is 0 Å². The topological polar surface area (TPSA) is 87.3 Å². The molecule has 3 amide bonds. The van der Waals surface area contributed by atoms with E-state index in [9.17, 15) is 14.4 Å². The van der Waals surface area contributed by atoms with Crippen LogP contribution in [-0.2, 0) is 14.4 Å². The van der Waals surface area contributed by atoms with Crippen LogP contribution in [0.2, 0.25) is 0 Å². The SMILES string of the molecule is O=CNc1cc(NC=O)cc(NC=O)c1. The zero-order valence-electron chi connectivity index (χ0n) is 7.69. The van der Waals surface area contributed by atoms with Crippen molar-refractivity contribution >= 4 is 36.3 Å². The highest BCUT2D eigenvalue weighted by molar-refractivity contribution is 5.84. The molecular weight excluding hydrogens is 198 g/mol. The van der Waals surface area contributed by atoms with E-state index in [1.165, 1.54) is 0 Å². The number of carbonyl (C=O) groups excluding carboxylic acids is 3. The van der Waals surface area contributed by atoms with Gasteiger partial charge in [0.25, 0.3) is 0 Å². The molecule has 3 N–H and O–H groups in total. The summed E-state index contributed by atoms with van der Waals surface area (Å²) in [5.41, 5.74) is 1.42. The monoisotopic (exact) mass is 207 g/mol. The lowest BCUT2D eigenvalue weighted by Crippen LogP contribution is -2.01. The van der Waals surface area contributed by atoms with E-state index in [0.717, 1.165) is 0 Å². The first-order chi connectivity index (χ1) is 7.30. The molecule has 0 fully saturated rings. The van der Waals surface area contributed by atoms with E-state index in [4.69, 9.17) is 0 Å². The predicted molar refractivity (Wildman–Crippen MR) is 55.5 cm³/mol. The largest absolute Gasteiger partial charge is 0.329 e. The van der Waals surface area contributed by atoms with Crippen LogP contribution in [0.5, 0.6) is 0 Å². The van der Waals surface area contributed by atoms with E-state index in [-0.39, 0.29) is 0 Å². The lowest BCUT2D eigenvalue weighted by molar-refractivity contribution is -0.106. The van der Waals surface area contributed by atoms with Crippen molar-refractivity contribution in [2.75, 3.05) is 16.0 Å². The Morgan fingerprint density at radius 3 is 1.13 bits per heavy atom. The van der Waals surface area contributed by atoms with Gasteiger partial charge in [-0.3, -0.25) is 14.4 Å². The summed E-state index contributed by atoms with van der Waals surface area (Å²) in [7, 11) is 0. The number of carbonyl (C=O) groups is 3. The minimum absolute atomic E-state index is 0.473. The molecule has 0 aliphatic rings. The van der Waals surface area contributed by atoms with Crippen LogP contribution in [0.25, 0.3) is 0 Å². The Labute approximate surface area is 85.7 Å². The second kappa shape index (κ2) is 5.38. The summed E-state index contributed by atoms with van der Waals surface area (Å²) >= 11 is 0. The molecule has 15 heavy (non-hydrogen) atoms. The van der Waals surface area contributed by atoms with Gasteiger partial charge in [0.15, 0.2) is 0 Å². The quantitative estimate of drug-likeness (QED) is 0.590. The van der Waals surface area contributed by atoms with Crippen molar-refractivity contribution < 1.29 is 14.4 Å². The number of benzene rings is 1. The Bertz CT molecular complexity index is 309. The molecule has 0 aromatic heterocycles. The molecule has 0 atom stereocenters. The maximum atomic E-state index is 10.2. The van der Waals surface area contributed by atoms with Crippen LogP contribution in [0, 0.1) is 0 Å². The molecule has 0 spiro atoms. The molecule has 78 valence electrons. The van der Waals surface area contributed by atoms with E-state index in [0.29, 0.717) is 36.3 Å². The molecular formula is C9H9N3O3. The van der Waals surface area contributed by atoms with Gasteiger partial charge in [0.2, 0.25) is 19.2 Å². The van der Waals surface area contributed by atoms with Crippen molar-refractivity contribution in [1.82, 2.24) is 0 Å². The highest BCUT2D eigenvalue weighted by Crippen LogP contribution is 2.21.